The Morgan fingerprint density at radius 1 is 1.24 bits per heavy atom. The summed E-state index contributed by atoms with van der Waals surface area (Å²) in [6.07, 6.45) is 1.22. The Morgan fingerprint density at radius 2 is 1.86 bits per heavy atom. The summed E-state index contributed by atoms with van der Waals surface area (Å²) in [6, 6.07) is 3.68. The van der Waals surface area contributed by atoms with Crippen molar-refractivity contribution in [1.82, 2.24) is 0 Å². The molecule has 3 rings (SSSR count). The van der Waals surface area contributed by atoms with Crippen LogP contribution in [0.2, 0.25) is 0 Å². The zero-order valence-corrected chi connectivity index (χ0v) is 16.6. The van der Waals surface area contributed by atoms with E-state index in [0.29, 0.717) is 0 Å². The van der Waals surface area contributed by atoms with Crippen molar-refractivity contribution < 1.29 is 28.1 Å². The fraction of sp³-hybridized carbons (Fsp3) is 0.409. The minimum absolute atomic E-state index is 0.464. The molecule has 0 radical (unpaired) electrons. The Balaban J connectivity index is 0.000000234. The van der Waals surface area contributed by atoms with Crippen LogP contribution in [0, 0.1) is 5.82 Å². The fourth-order valence-electron chi connectivity index (χ4n) is 3.15. The van der Waals surface area contributed by atoms with Gasteiger partial charge in [-0.2, -0.15) is 8.78 Å². The van der Waals surface area contributed by atoms with Gasteiger partial charge >= 0.3 is 5.92 Å². The van der Waals surface area contributed by atoms with Gasteiger partial charge in [-0.05, 0) is 44.1 Å². The predicted molar refractivity (Wildman–Crippen MR) is 106 cm³/mol. The molecule has 0 bridgehead atoms. The Morgan fingerprint density at radius 3 is 2.34 bits per heavy atom. The lowest BCUT2D eigenvalue weighted by Gasteiger charge is -2.25. The Labute approximate surface area is 168 Å². The maximum atomic E-state index is 14.1. The van der Waals surface area contributed by atoms with E-state index in [-0.39, 0.29) is 0 Å². The highest BCUT2D eigenvalue weighted by Crippen LogP contribution is 2.40. The molecule has 1 aliphatic carbocycles. The van der Waals surface area contributed by atoms with E-state index in [4.69, 9.17) is 4.74 Å². The summed E-state index contributed by atoms with van der Waals surface area (Å²) in [4.78, 5) is 4.26. The van der Waals surface area contributed by atoms with Gasteiger partial charge in [0, 0.05) is 18.2 Å². The van der Waals surface area contributed by atoms with Gasteiger partial charge in [0.1, 0.15) is 18.0 Å². The number of rotatable bonds is 4. The van der Waals surface area contributed by atoms with Gasteiger partial charge in [0.15, 0.2) is 6.10 Å². The third-order valence-electron chi connectivity index (χ3n) is 4.74. The molecular formula is C22H26F3NO3. The van der Waals surface area contributed by atoms with Crippen molar-refractivity contribution in [2.45, 2.75) is 57.5 Å². The van der Waals surface area contributed by atoms with Crippen LogP contribution in [0.3, 0.4) is 0 Å². The molecule has 1 fully saturated rings. The molecule has 158 valence electrons. The zero-order chi connectivity index (χ0) is 21.8. The van der Waals surface area contributed by atoms with Gasteiger partial charge in [-0.1, -0.05) is 30.9 Å². The maximum Gasteiger partial charge on any atom is 0.301 e. The third-order valence-corrected chi connectivity index (χ3v) is 4.74. The van der Waals surface area contributed by atoms with Gasteiger partial charge in [-0.25, -0.2) is 4.39 Å². The van der Waals surface area contributed by atoms with Gasteiger partial charge in [0.2, 0.25) is 0 Å². The maximum absolute atomic E-state index is 14.1. The van der Waals surface area contributed by atoms with Crippen molar-refractivity contribution in [2.24, 2.45) is 4.99 Å². The molecule has 0 amide bonds. The number of alkyl halides is 2. The summed E-state index contributed by atoms with van der Waals surface area (Å²) in [5.41, 5.74) is 2.97. The molecule has 1 aromatic carbocycles. The number of aliphatic hydroxyl groups excluding tert-OH is 2. The normalized spacial score (nSPS) is 26.8. The van der Waals surface area contributed by atoms with Crippen molar-refractivity contribution >= 4 is 6.21 Å². The first-order valence-electron chi connectivity index (χ1n) is 9.29. The van der Waals surface area contributed by atoms with E-state index in [1.54, 1.807) is 0 Å². The zero-order valence-electron chi connectivity index (χ0n) is 16.6. The molecule has 29 heavy (non-hydrogen) atoms. The standard InChI is InChI=1S/C12H13F3O3.C10H13N/c1-6-9(16)10(17)11(18-6)12(14,15)7-2-4-8(13)5-3-7;1-4-11-10-7-5-6-9(10)8(2)3/h2-6,9-11,16-17H,1H3;4-6H,2,7H2,1,3H3. The Hall–Kier alpha value is -2.22. The van der Waals surface area contributed by atoms with Gasteiger partial charge in [0.05, 0.1) is 11.8 Å². The van der Waals surface area contributed by atoms with Gasteiger partial charge < -0.3 is 14.9 Å². The molecule has 7 heteroatoms. The van der Waals surface area contributed by atoms with Crippen LogP contribution in [0.1, 0.15) is 32.8 Å². The van der Waals surface area contributed by atoms with Crippen molar-refractivity contribution in [3.63, 3.8) is 0 Å². The van der Waals surface area contributed by atoms with Crippen molar-refractivity contribution in [1.29, 1.82) is 0 Å². The number of aliphatic hydroxyl groups is 2. The molecule has 1 heterocycles. The molecule has 0 spiro atoms. The summed E-state index contributed by atoms with van der Waals surface area (Å²) in [6.45, 7) is 9.23. The minimum Gasteiger partial charge on any atom is -0.388 e. The average Bonchev–Trinajstić information content (AvgIpc) is 3.24. The SMILES string of the molecule is C=C(C)C1=C(N=CC)CC=C1.CC1OC(C(F)(F)c2ccc(F)cc2)C(O)C1O. The molecular weight excluding hydrogens is 383 g/mol. The van der Waals surface area contributed by atoms with Crippen LogP contribution in [0.15, 0.2) is 64.8 Å². The lowest BCUT2D eigenvalue weighted by molar-refractivity contribution is -0.159. The molecule has 1 aliphatic heterocycles. The number of nitrogens with zero attached hydrogens (tertiary/aromatic N) is 1. The third kappa shape index (κ3) is 5.23. The van der Waals surface area contributed by atoms with E-state index in [1.165, 1.54) is 12.5 Å². The monoisotopic (exact) mass is 409 g/mol. The van der Waals surface area contributed by atoms with E-state index < -0.39 is 41.7 Å². The Bertz CT molecular complexity index is 815. The van der Waals surface area contributed by atoms with Gasteiger partial charge in [-0.15, -0.1) is 0 Å². The number of hydrogen-bond acceptors (Lipinski definition) is 4. The molecule has 4 atom stereocenters. The van der Waals surface area contributed by atoms with Crippen molar-refractivity contribution in [3.8, 4) is 0 Å². The summed E-state index contributed by atoms with van der Waals surface area (Å²) < 4.78 is 45.7. The fourth-order valence-corrected chi connectivity index (χ4v) is 3.15. The molecule has 4 unspecified atom stereocenters. The first-order valence-corrected chi connectivity index (χ1v) is 9.29. The predicted octanol–water partition coefficient (Wildman–Crippen LogP) is 4.29. The van der Waals surface area contributed by atoms with Crippen LogP contribution in [0.4, 0.5) is 13.2 Å². The lowest BCUT2D eigenvalue weighted by Crippen LogP contribution is -2.41. The molecule has 1 aromatic rings. The lowest BCUT2D eigenvalue weighted by atomic mass is 9.97. The number of halogens is 3. The second-order valence-corrected chi connectivity index (χ2v) is 7.01. The highest BCUT2D eigenvalue weighted by atomic mass is 19.3. The van der Waals surface area contributed by atoms with Crippen LogP contribution in [-0.2, 0) is 10.7 Å². The van der Waals surface area contributed by atoms with E-state index >= 15 is 0 Å². The summed E-state index contributed by atoms with van der Waals surface area (Å²) in [7, 11) is 0. The second kappa shape index (κ2) is 9.52. The highest BCUT2D eigenvalue weighted by molar-refractivity contribution is 5.58. The summed E-state index contributed by atoms with van der Waals surface area (Å²) in [5.74, 6) is -4.13. The quantitative estimate of drug-likeness (QED) is 0.729. The van der Waals surface area contributed by atoms with Crippen LogP contribution in [0.5, 0.6) is 0 Å². The summed E-state index contributed by atoms with van der Waals surface area (Å²) in [5, 5.41) is 19.0. The van der Waals surface area contributed by atoms with E-state index in [2.05, 4.69) is 23.7 Å². The first-order chi connectivity index (χ1) is 13.6. The molecule has 2 N–H and O–H groups in total. The van der Waals surface area contributed by atoms with Gasteiger partial charge in [-0.3, -0.25) is 4.99 Å². The van der Waals surface area contributed by atoms with Crippen LogP contribution >= 0.6 is 0 Å². The first kappa shape index (κ1) is 23.1. The molecule has 0 aromatic heterocycles. The van der Waals surface area contributed by atoms with Crippen LogP contribution in [-0.4, -0.2) is 40.8 Å². The summed E-state index contributed by atoms with van der Waals surface area (Å²) >= 11 is 0. The van der Waals surface area contributed by atoms with Crippen LogP contribution < -0.4 is 0 Å². The average molecular weight is 409 g/mol. The number of aliphatic imine (C=N–C) groups is 1. The van der Waals surface area contributed by atoms with Crippen LogP contribution in [0.25, 0.3) is 0 Å². The molecule has 1 saturated heterocycles. The van der Waals surface area contributed by atoms with E-state index in [0.717, 1.165) is 42.0 Å². The van der Waals surface area contributed by atoms with E-state index in [9.17, 15) is 23.4 Å². The Kier molecular flexibility index (Phi) is 7.57. The number of benzene rings is 1. The number of hydrogen-bond donors (Lipinski definition) is 2. The molecule has 2 aliphatic rings. The number of ether oxygens (including phenoxy) is 1. The number of allylic oxidation sites excluding steroid dienone is 4. The second-order valence-electron chi connectivity index (χ2n) is 7.01. The largest absolute Gasteiger partial charge is 0.388 e. The van der Waals surface area contributed by atoms with Crippen molar-refractivity contribution in [2.75, 3.05) is 0 Å². The van der Waals surface area contributed by atoms with E-state index in [1.807, 2.05) is 20.1 Å². The minimum atomic E-state index is -3.50. The molecule has 4 nitrogen and oxygen atoms in total. The molecule has 0 saturated carbocycles. The highest BCUT2D eigenvalue weighted by Gasteiger charge is 2.54. The van der Waals surface area contributed by atoms with Crippen molar-refractivity contribution in [3.05, 3.63) is 71.2 Å². The topological polar surface area (TPSA) is 62.0 Å². The van der Waals surface area contributed by atoms with Gasteiger partial charge in [0.25, 0.3) is 0 Å². The smallest absolute Gasteiger partial charge is 0.301 e.